The Bertz CT molecular complexity index is 1720. The highest BCUT2D eigenvalue weighted by Crippen LogP contribution is 2.28. The van der Waals surface area contributed by atoms with Crippen LogP contribution in [0.3, 0.4) is 0 Å². The first kappa shape index (κ1) is 39.0. The monoisotopic (exact) mass is 672 g/mol. The van der Waals surface area contributed by atoms with Gasteiger partial charge in [-0.2, -0.15) is 0 Å². The van der Waals surface area contributed by atoms with E-state index in [0.29, 0.717) is 0 Å². The molecule has 0 aliphatic carbocycles. The zero-order valence-electron chi connectivity index (χ0n) is 24.4. The van der Waals surface area contributed by atoms with E-state index in [2.05, 4.69) is 0 Å². The van der Waals surface area contributed by atoms with E-state index in [1.54, 1.807) is 5.43 Å². The van der Waals surface area contributed by atoms with Crippen LogP contribution in [0.15, 0.2) is 72.8 Å². The lowest BCUT2D eigenvalue weighted by Gasteiger charge is -2.03. The highest BCUT2D eigenvalue weighted by Gasteiger charge is 2.14. The van der Waals surface area contributed by atoms with Crippen molar-refractivity contribution in [2.75, 3.05) is 0 Å². The second kappa shape index (κ2) is 18.7. The van der Waals surface area contributed by atoms with Crippen molar-refractivity contribution < 1.29 is 60.0 Å². The maximum Gasteiger partial charge on any atom is 0.272 e. The Morgan fingerprint density at radius 1 is 0.417 bits per heavy atom. The van der Waals surface area contributed by atoms with Crippen molar-refractivity contribution in [3.63, 3.8) is 0 Å². The van der Waals surface area contributed by atoms with E-state index in [1.165, 1.54) is 60.7 Å². The minimum absolute atomic E-state index is 0.0234. The Morgan fingerprint density at radius 2 is 0.854 bits per heavy atom. The average molecular weight is 673 g/mol. The van der Waals surface area contributed by atoms with Crippen molar-refractivity contribution in [3.05, 3.63) is 95.1 Å². The van der Waals surface area contributed by atoms with Crippen LogP contribution in [0.5, 0.6) is 46.0 Å². The average Bonchev–Trinajstić information content (AvgIpc) is 3.06. The summed E-state index contributed by atoms with van der Waals surface area (Å²) >= 11 is 0. The Balaban J connectivity index is 0.000000320. The first-order chi connectivity index (χ1) is 22.6. The Hall–Kier alpha value is -7.00. The zero-order chi connectivity index (χ0) is 36.6. The molecular formula is C28H32N8O12. The first-order valence-corrected chi connectivity index (χ1v) is 12.7. The summed E-state index contributed by atoms with van der Waals surface area (Å²) in [6.07, 6.45) is 0. The lowest BCUT2D eigenvalue weighted by molar-refractivity contribution is 0.0940. The van der Waals surface area contributed by atoms with Crippen molar-refractivity contribution in [2.24, 2.45) is 23.4 Å². The van der Waals surface area contributed by atoms with Gasteiger partial charge in [-0.3, -0.25) is 40.9 Å². The summed E-state index contributed by atoms with van der Waals surface area (Å²) < 4.78 is 0. The number of hydrazine groups is 4. The molecule has 0 saturated carbocycles. The fraction of sp³-hybridized carbons (Fsp3) is 0. The standard InChI is InChI=1S/4C7H8N2O3/c8-9-7(12)5-3-4(10)1-2-6(5)11;8-9-7(12)5-2-1-4(10)3-6(5)11;8-9-7(12)6-4(10)2-1-3-5(6)11;8-9-7(12)4-2-1-3-5(10)6(4)11/h4*1-3,10-11H,8H2,(H,9,12). The number of hydrogen-bond acceptors (Lipinski definition) is 16. The van der Waals surface area contributed by atoms with Gasteiger partial charge in [0.2, 0.25) is 0 Å². The summed E-state index contributed by atoms with van der Waals surface area (Å²) in [6, 6.07) is 15.2. The van der Waals surface area contributed by atoms with Gasteiger partial charge in [0.1, 0.15) is 40.1 Å². The highest BCUT2D eigenvalue weighted by atomic mass is 16.3. The van der Waals surface area contributed by atoms with E-state index in [9.17, 15) is 19.2 Å². The van der Waals surface area contributed by atoms with Crippen molar-refractivity contribution >= 4 is 23.6 Å². The lowest BCUT2D eigenvalue weighted by atomic mass is 10.1. The summed E-state index contributed by atoms with van der Waals surface area (Å²) in [4.78, 5) is 43.5. The minimum Gasteiger partial charge on any atom is -0.508 e. The number of nitrogens with two attached hydrogens (primary N) is 4. The van der Waals surface area contributed by atoms with Crippen LogP contribution in [-0.2, 0) is 0 Å². The summed E-state index contributed by atoms with van der Waals surface area (Å²) in [6.45, 7) is 0. The van der Waals surface area contributed by atoms with Crippen molar-refractivity contribution in [3.8, 4) is 46.0 Å². The number of carbonyl (C=O) groups excluding carboxylic acids is 4. The van der Waals surface area contributed by atoms with Crippen molar-refractivity contribution in [2.45, 2.75) is 0 Å². The van der Waals surface area contributed by atoms with Crippen molar-refractivity contribution in [1.82, 2.24) is 21.7 Å². The third-order valence-corrected chi connectivity index (χ3v) is 5.48. The summed E-state index contributed by atoms with van der Waals surface area (Å²) in [5.41, 5.74) is 7.03. The van der Waals surface area contributed by atoms with Gasteiger partial charge in [-0.25, -0.2) is 23.4 Å². The number of hydrogen-bond donors (Lipinski definition) is 16. The van der Waals surface area contributed by atoms with Gasteiger partial charge in [0, 0.05) is 6.07 Å². The van der Waals surface area contributed by atoms with Crippen LogP contribution in [0.1, 0.15) is 41.4 Å². The summed E-state index contributed by atoms with van der Waals surface area (Å²) in [5.74, 6) is 14.5. The molecule has 4 aromatic rings. The maximum atomic E-state index is 10.9. The SMILES string of the molecule is NNC(=O)c1c(O)cccc1O.NNC(=O)c1cc(O)ccc1O.NNC(=O)c1ccc(O)cc1O.NNC(=O)c1cccc(O)c1O. The molecule has 0 spiro atoms. The molecule has 4 rings (SSSR count). The van der Waals surface area contributed by atoms with Crippen LogP contribution < -0.4 is 45.1 Å². The number of nitrogen functional groups attached to an aromatic ring is 4. The molecule has 4 amide bonds. The number of amides is 4. The molecule has 48 heavy (non-hydrogen) atoms. The number of aromatic hydroxyl groups is 8. The van der Waals surface area contributed by atoms with Crippen molar-refractivity contribution in [1.29, 1.82) is 0 Å². The molecule has 0 saturated heterocycles. The van der Waals surface area contributed by atoms with E-state index in [0.717, 1.165) is 12.1 Å². The van der Waals surface area contributed by atoms with Gasteiger partial charge in [-0.05, 0) is 54.6 Å². The molecule has 20 nitrogen and oxygen atoms in total. The van der Waals surface area contributed by atoms with Gasteiger partial charge in [0.15, 0.2) is 11.5 Å². The molecule has 0 atom stereocenters. The fourth-order valence-electron chi connectivity index (χ4n) is 3.20. The van der Waals surface area contributed by atoms with Gasteiger partial charge in [0.25, 0.3) is 23.6 Å². The van der Waals surface area contributed by atoms with Crippen LogP contribution in [0.25, 0.3) is 0 Å². The first-order valence-electron chi connectivity index (χ1n) is 12.7. The fourth-order valence-corrected chi connectivity index (χ4v) is 3.20. The lowest BCUT2D eigenvalue weighted by Crippen LogP contribution is -2.30. The molecule has 0 aliphatic heterocycles. The normalized spacial score (nSPS) is 9.42. The van der Waals surface area contributed by atoms with Gasteiger partial charge in [0.05, 0.1) is 16.7 Å². The molecule has 20 N–H and O–H groups in total. The topological polar surface area (TPSA) is 382 Å². The quantitative estimate of drug-likeness (QED) is 0.0398. The smallest absolute Gasteiger partial charge is 0.272 e. The predicted octanol–water partition coefficient (Wildman–Crippen LogP) is -1.19. The number of nitrogens with one attached hydrogen (secondary N) is 4. The molecule has 0 unspecified atom stereocenters. The van der Waals surface area contributed by atoms with Crippen LogP contribution in [-0.4, -0.2) is 64.5 Å². The third kappa shape index (κ3) is 11.2. The zero-order valence-corrected chi connectivity index (χ0v) is 24.4. The molecular weight excluding hydrogens is 640 g/mol. The minimum atomic E-state index is -0.731. The van der Waals surface area contributed by atoms with E-state index in [4.69, 9.17) is 64.2 Å². The van der Waals surface area contributed by atoms with E-state index >= 15 is 0 Å². The molecule has 256 valence electrons. The molecule has 0 bridgehead atoms. The Kier molecular flexibility index (Phi) is 15.2. The van der Waals surface area contributed by atoms with Gasteiger partial charge < -0.3 is 40.9 Å². The molecule has 4 aromatic carbocycles. The number of para-hydroxylation sites is 1. The maximum absolute atomic E-state index is 10.9. The van der Waals surface area contributed by atoms with E-state index in [1.807, 2.05) is 16.3 Å². The van der Waals surface area contributed by atoms with Crippen LogP contribution in [0.4, 0.5) is 0 Å². The molecule has 0 radical (unpaired) electrons. The number of phenols is 8. The predicted molar refractivity (Wildman–Crippen MR) is 166 cm³/mol. The van der Waals surface area contributed by atoms with E-state index < -0.39 is 29.4 Å². The molecule has 20 heteroatoms. The summed E-state index contributed by atoms with van der Waals surface area (Å²) in [7, 11) is 0. The number of benzene rings is 4. The van der Waals surface area contributed by atoms with Crippen LogP contribution in [0.2, 0.25) is 0 Å². The Morgan fingerprint density at radius 3 is 1.38 bits per heavy atom. The molecule has 0 aromatic heterocycles. The number of carbonyl (C=O) groups is 4. The molecule has 0 heterocycles. The summed E-state index contributed by atoms with van der Waals surface area (Å²) in [5, 5.41) is 72.4. The number of rotatable bonds is 4. The highest BCUT2D eigenvalue weighted by molar-refractivity contribution is 5.99. The number of phenolic OH excluding ortho intramolecular Hbond substituents is 8. The van der Waals surface area contributed by atoms with Crippen LogP contribution >= 0.6 is 0 Å². The van der Waals surface area contributed by atoms with Gasteiger partial charge >= 0.3 is 0 Å². The van der Waals surface area contributed by atoms with Gasteiger partial charge in [-0.15, -0.1) is 0 Å². The molecule has 0 fully saturated rings. The van der Waals surface area contributed by atoms with E-state index in [-0.39, 0.29) is 62.5 Å². The third-order valence-electron chi connectivity index (χ3n) is 5.48. The largest absolute Gasteiger partial charge is 0.508 e. The van der Waals surface area contributed by atoms with Crippen LogP contribution in [0, 0.1) is 0 Å². The second-order valence-electron chi connectivity index (χ2n) is 8.64. The molecule has 0 aliphatic rings. The van der Waals surface area contributed by atoms with Gasteiger partial charge in [-0.1, -0.05) is 12.1 Å². The Labute approximate surface area is 270 Å². The second-order valence-corrected chi connectivity index (χ2v) is 8.64.